The number of hydrogen-bond acceptors (Lipinski definition) is 8. The van der Waals surface area contributed by atoms with E-state index in [1.165, 1.54) is 18.2 Å². The van der Waals surface area contributed by atoms with E-state index in [0.29, 0.717) is 0 Å². The Labute approximate surface area is 177 Å². The summed E-state index contributed by atoms with van der Waals surface area (Å²) in [5.41, 5.74) is 0.592. The second-order valence-corrected chi connectivity index (χ2v) is 6.36. The van der Waals surface area contributed by atoms with E-state index in [2.05, 4.69) is 20.1 Å². The quantitative estimate of drug-likeness (QED) is 0.435. The number of ether oxygens (including phenoxy) is 2. The van der Waals surface area contributed by atoms with Gasteiger partial charge in [0.1, 0.15) is 0 Å². The lowest BCUT2D eigenvalue weighted by atomic mass is 10.1. The monoisotopic (exact) mass is 430 g/mol. The largest absolute Gasteiger partial charge is 0.465 e. The Kier molecular flexibility index (Phi) is 8.24. The molecule has 2 atom stereocenters. The Morgan fingerprint density at radius 3 is 1.87 bits per heavy atom. The molecule has 0 aliphatic heterocycles. The van der Waals surface area contributed by atoms with Crippen LogP contribution in [0, 0.1) is 0 Å². The van der Waals surface area contributed by atoms with E-state index in [1.54, 1.807) is 30.3 Å². The van der Waals surface area contributed by atoms with Gasteiger partial charge in [-0.1, -0.05) is 30.3 Å². The number of aliphatic hydroxyl groups excluding tert-OH is 2. The van der Waals surface area contributed by atoms with Gasteiger partial charge in [0.15, 0.2) is 12.2 Å². The van der Waals surface area contributed by atoms with Crippen molar-refractivity contribution < 1.29 is 38.9 Å². The lowest BCUT2D eigenvalue weighted by Gasteiger charge is -2.18. The molecule has 164 valence electrons. The summed E-state index contributed by atoms with van der Waals surface area (Å²) in [5, 5.41) is 24.7. The summed E-state index contributed by atoms with van der Waals surface area (Å²) in [4.78, 5) is 48.0. The number of benzene rings is 2. The molecule has 10 nitrogen and oxygen atoms in total. The van der Waals surface area contributed by atoms with Crippen LogP contribution in [-0.4, -0.2) is 60.4 Å². The molecular weight excluding hydrogens is 408 g/mol. The number of carbonyl (C=O) groups excluding carboxylic acids is 4. The van der Waals surface area contributed by atoms with E-state index in [9.17, 15) is 29.4 Å². The molecule has 0 heterocycles. The van der Waals surface area contributed by atoms with E-state index in [4.69, 9.17) is 0 Å². The van der Waals surface area contributed by atoms with Gasteiger partial charge in [-0.05, 0) is 23.8 Å². The third-order valence-electron chi connectivity index (χ3n) is 4.19. The van der Waals surface area contributed by atoms with Gasteiger partial charge in [-0.2, -0.15) is 0 Å². The highest BCUT2D eigenvalue weighted by Crippen LogP contribution is 2.17. The minimum atomic E-state index is -2.11. The molecule has 0 aliphatic carbocycles. The molecule has 0 saturated carbocycles. The number of anilines is 1. The summed E-state index contributed by atoms with van der Waals surface area (Å²) in [5.74, 6) is -3.63. The van der Waals surface area contributed by atoms with Gasteiger partial charge in [0.05, 0.1) is 25.3 Å². The van der Waals surface area contributed by atoms with Crippen LogP contribution in [0.3, 0.4) is 0 Å². The summed E-state index contributed by atoms with van der Waals surface area (Å²) >= 11 is 0. The number of carbonyl (C=O) groups is 4. The third kappa shape index (κ3) is 6.36. The number of aliphatic hydroxyl groups is 2. The van der Waals surface area contributed by atoms with Gasteiger partial charge >= 0.3 is 11.9 Å². The molecular formula is C21H22N2O8. The summed E-state index contributed by atoms with van der Waals surface area (Å²) in [6, 6.07) is 12.4. The van der Waals surface area contributed by atoms with Crippen LogP contribution in [0.4, 0.5) is 5.69 Å². The normalized spacial score (nSPS) is 12.3. The second kappa shape index (κ2) is 10.9. The molecule has 10 heteroatoms. The molecule has 31 heavy (non-hydrogen) atoms. The predicted octanol–water partition coefficient (Wildman–Crippen LogP) is 0.237. The first-order valence-corrected chi connectivity index (χ1v) is 9.07. The third-order valence-corrected chi connectivity index (χ3v) is 4.19. The number of methoxy groups -OCH3 is 2. The van der Waals surface area contributed by atoms with Crippen LogP contribution in [0.25, 0.3) is 0 Å². The highest BCUT2D eigenvalue weighted by Gasteiger charge is 2.30. The Bertz CT molecular complexity index is 927. The van der Waals surface area contributed by atoms with Crippen molar-refractivity contribution in [2.75, 3.05) is 19.5 Å². The van der Waals surface area contributed by atoms with E-state index in [1.807, 2.05) is 0 Å². The maximum absolute atomic E-state index is 12.3. The number of amides is 2. The highest BCUT2D eigenvalue weighted by molar-refractivity contribution is 6.02. The minimum Gasteiger partial charge on any atom is -0.465 e. The molecule has 0 fully saturated rings. The van der Waals surface area contributed by atoms with Crippen LogP contribution in [-0.2, 0) is 25.6 Å². The maximum Gasteiger partial charge on any atom is 0.337 e. The van der Waals surface area contributed by atoms with Crippen LogP contribution < -0.4 is 10.6 Å². The van der Waals surface area contributed by atoms with Crippen molar-refractivity contribution in [2.24, 2.45) is 0 Å². The molecule has 0 radical (unpaired) electrons. The van der Waals surface area contributed by atoms with Crippen molar-refractivity contribution in [3.63, 3.8) is 0 Å². The molecule has 0 aromatic heterocycles. The summed E-state index contributed by atoms with van der Waals surface area (Å²) in [7, 11) is 2.28. The van der Waals surface area contributed by atoms with E-state index in [-0.39, 0.29) is 23.4 Å². The molecule has 2 aromatic rings. The number of hydrogen-bond donors (Lipinski definition) is 4. The van der Waals surface area contributed by atoms with Crippen LogP contribution in [0.2, 0.25) is 0 Å². The fourth-order valence-corrected chi connectivity index (χ4v) is 2.56. The number of rotatable bonds is 8. The predicted molar refractivity (Wildman–Crippen MR) is 108 cm³/mol. The fraction of sp³-hybridized carbons (Fsp3) is 0.238. The molecule has 2 aromatic carbocycles. The molecule has 2 amide bonds. The van der Waals surface area contributed by atoms with Crippen LogP contribution in [0.5, 0.6) is 0 Å². The first-order valence-electron chi connectivity index (χ1n) is 9.07. The fourth-order valence-electron chi connectivity index (χ4n) is 2.56. The Balaban J connectivity index is 2.09. The van der Waals surface area contributed by atoms with E-state index in [0.717, 1.165) is 19.8 Å². The van der Waals surface area contributed by atoms with Crippen LogP contribution in [0.1, 0.15) is 26.3 Å². The van der Waals surface area contributed by atoms with Gasteiger partial charge in [-0.3, -0.25) is 9.59 Å². The van der Waals surface area contributed by atoms with E-state index < -0.39 is 36.0 Å². The van der Waals surface area contributed by atoms with Gasteiger partial charge < -0.3 is 30.3 Å². The number of esters is 2. The summed E-state index contributed by atoms with van der Waals surface area (Å²) < 4.78 is 9.20. The average Bonchev–Trinajstić information content (AvgIpc) is 2.80. The zero-order valence-electron chi connectivity index (χ0n) is 16.8. The Hall–Kier alpha value is -3.76. The zero-order chi connectivity index (χ0) is 23.0. The van der Waals surface area contributed by atoms with Crippen LogP contribution >= 0.6 is 0 Å². The van der Waals surface area contributed by atoms with Crippen molar-refractivity contribution >= 4 is 29.4 Å². The van der Waals surface area contributed by atoms with E-state index >= 15 is 0 Å². The Morgan fingerprint density at radius 2 is 1.35 bits per heavy atom. The molecule has 2 unspecified atom stereocenters. The molecule has 0 saturated heterocycles. The lowest BCUT2D eigenvalue weighted by molar-refractivity contribution is -0.143. The maximum atomic E-state index is 12.3. The van der Waals surface area contributed by atoms with Crippen molar-refractivity contribution in [2.45, 2.75) is 18.8 Å². The first-order chi connectivity index (χ1) is 14.8. The van der Waals surface area contributed by atoms with Gasteiger partial charge in [0, 0.05) is 12.2 Å². The van der Waals surface area contributed by atoms with Crippen molar-refractivity contribution in [3.8, 4) is 0 Å². The summed E-state index contributed by atoms with van der Waals surface area (Å²) in [6.45, 7) is 0.0920. The summed E-state index contributed by atoms with van der Waals surface area (Å²) in [6.07, 6.45) is -4.16. The molecule has 4 N–H and O–H groups in total. The number of nitrogens with one attached hydrogen (secondary N) is 2. The second-order valence-electron chi connectivity index (χ2n) is 6.36. The first kappa shape index (κ1) is 23.5. The van der Waals surface area contributed by atoms with Crippen LogP contribution in [0.15, 0.2) is 48.5 Å². The highest BCUT2D eigenvalue weighted by atomic mass is 16.5. The molecule has 0 aliphatic rings. The standard InChI is InChI=1S/C21H22N2O8/c1-30-20(28)13-8-14(21(29)31-2)10-15(9-13)23-19(27)17(25)16(24)18(26)22-11-12-6-4-3-5-7-12/h3-10,16-17,24-25H,11H2,1-2H3,(H,22,26)(H,23,27). The lowest BCUT2D eigenvalue weighted by Crippen LogP contribution is -2.47. The zero-order valence-corrected chi connectivity index (χ0v) is 16.8. The average molecular weight is 430 g/mol. The van der Waals surface area contributed by atoms with Gasteiger partial charge in [-0.25, -0.2) is 9.59 Å². The Morgan fingerprint density at radius 1 is 0.839 bits per heavy atom. The molecule has 2 rings (SSSR count). The van der Waals surface area contributed by atoms with Gasteiger partial charge in [0.25, 0.3) is 11.8 Å². The van der Waals surface area contributed by atoms with Crippen molar-refractivity contribution in [1.82, 2.24) is 5.32 Å². The van der Waals surface area contributed by atoms with Gasteiger partial charge in [0.2, 0.25) is 0 Å². The van der Waals surface area contributed by atoms with Crippen molar-refractivity contribution in [3.05, 3.63) is 65.2 Å². The SMILES string of the molecule is COC(=O)c1cc(NC(=O)C(O)C(O)C(=O)NCc2ccccc2)cc(C(=O)OC)c1. The van der Waals surface area contributed by atoms with Gasteiger partial charge in [-0.15, -0.1) is 0 Å². The molecule has 0 bridgehead atoms. The minimum absolute atomic E-state index is 0.0516. The smallest absolute Gasteiger partial charge is 0.337 e. The van der Waals surface area contributed by atoms with Crippen molar-refractivity contribution in [1.29, 1.82) is 0 Å². The topological polar surface area (TPSA) is 151 Å². The molecule has 0 spiro atoms.